The predicted octanol–water partition coefficient (Wildman–Crippen LogP) is 3.23. The fraction of sp³-hybridized carbons (Fsp3) is 0.0714. The van der Waals surface area contributed by atoms with Crippen molar-refractivity contribution in [3.05, 3.63) is 59.9 Å². The summed E-state index contributed by atoms with van der Waals surface area (Å²) in [6, 6.07) is 10.4. The van der Waals surface area contributed by atoms with Crippen molar-refractivity contribution in [2.24, 2.45) is 0 Å². The highest BCUT2D eigenvalue weighted by molar-refractivity contribution is 7.80. The first-order valence-electron chi connectivity index (χ1n) is 6.07. The molecular weight excluding hydrogens is 315 g/mol. The van der Waals surface area contributed by atoms with Crippen LogP contribution in [0.2, 0.25) is 0 Å². The van der Waals surface area contributed by atoms with Crippen molar-refractivity contribution in [2.45, 2.75) is 6.18 Å². The van der Waals surface area contributed by atoms with E-state index in [0.717, 1.165) is 12.3 Å². The van der Waals surface area contributed by atoms with Crippen molar-refractivity contribution in [3.8, 4) is 0 Å². The van der Waals surface area contributed by atoms with Crippen molar-refractivity contribution in [1.82, 2.24) is 10.3 Å². The Hall–Kier alpha value is -2.48. The summed E-state index contributed by atoms with van der Waals surface area (Å²) in [5.74, 6) is -0.419. The second-order valence-corrected chi connectivity index (χ2v) is 4.61. The summed E-state index contributed by atoms with van der Waals surface area (Å²) in [5.41, 5.74) is -0.346. The van der Waals surface area contributed by atoms with E-state index < -0.39 is 17.8 Å². The summed E-state index contributed by atoms with van der Waals surface area (Å²) in [6.45, 7) is 0. The van der Waals surface area contributed by atoms with Crippen LogP contribution in [0.15, 0.2) is 48.7 Å². The van der Waals surface area contributed by atoms with Gasteiger partial charge in [0.2, 0.25) is 0 Å². The normalized spacial score (nSPS) is 10.9. The Morgan fingerprint density at radius 1 is 1.09 bits per heavy atom. The summed E-state index contributed by atoms with van der Waals surface area (Å²) in [4.78, 5) is 15.1. The molecular formula is C14H10F3N3OS. The first-order chi connectivity index (χ1) is 10.4. The first kappa shape index (κ1) is 15.9. The van der Waals surface area contributed by atoms with E-state index in [1.165, 1.54) is 6.07 Å². The molecule has 2 aromatic rings. The first-order valence-corrected chi connectivity index (χ1v) is 6.48. The molecule has 1 aromatic carbocycles. The molecule has 8 heteroatoms. The summed E-state index contributed by atoms with van der Waals surface area (Å²) < 4.78 is 37.1. The van der Waals surface area contributed by atoms with Crippen LogP contribution in [0.1, 0.15) is 16.1 Å². The number of nitrogens with one attached hydrogen (secondary N) is 2. The Labute approximate surface area is 129 Å². The largest absolute Gasteiger partial charge is 0.433 e. The van der Waals surface area contributed by atoms with Gasteiger partial charge in [-0.1, -0.05) is 18.2 Å². The number of thiocarbonyl (C=S) groups is 1. The summed E-state index contributed by atoms with van der Waals surface area (Å²) in [5, 5.41) is 4.98. The molecule has 0 radical (unpaired) electrons. The van der Waals surface area contributed by atoms with E-state index in [-0.39, 0.29) is 10.8 Å². The van der Waals surface area contributed by atoms with Gasteiger partial charge in [-0.2, -0.15) is 13.2 Å². The van der Waals surface area contributed by atoms with Crippen molar-refractivity contribution >= 4 is 28.9 Å². The van der Waals surface area contributed by atoms with Crippen LogP contribution in [0.5, 0.6) is 0 Å². The van der Waals surface area contributed by atoms with Gasteiger partial charge in [-0.25, -0.2) is 4.98 Å². The number of anilines is 1. The number of amides is 1. The molecule has 1 heterocycles. The number of rotatable bonds is 2. The lowest BCUT2D eigenvalue weighted by atomic mass is 10.2. The maximum absolute atomic E-state index is 12.4. The Kier molecular flexibility index (Phi) is 4.71. The van der Waals surface area contributed by atoms with Crippen LogP contribution >= 0.6 is 12.2 Å². The van der Waals surface area contributed by atoms with Crippen molar-refractivity contribution in [3.63, 3.8) is 0 Å². The number of hydrogen-bond acceptors (Lipinski definition) is 3. The molecule has 0 unspecified atom stereocenters. The Bertz CT molecular complexity index is 672. The van der Waals surface area contributed by atoms with E-state index in [2.05, 4.69) is 15.6 Å². The van der Waals surface area contributed by atoms with E-state index in [4.69, 9.17) is 12.2 Å². The molecule has 0 atom stereocenters. The summed E-state index contributed by atoms with van der Waals surface area (Å²) in [6.07, 6.45) is -3.51. The van der Waals surface area contributed by atoms with Crippen LogP contribution in [-0.2, 0) is 6.18 Å². The lowest BCUT2D eigenvalue weighted by molar-refractivity contribution is -0.141. The molecule has 2 N–H and O–H groups in total. The van der Waals surface area contributed by atoms with Crippen LogP contribution in [0.4, 0.5) is 18.9 Å². The molecule has 0 fully saturated rings. The van der Waals surface area contributed by atoms with E-state index in [9.17, 15) is 18.0 Å². The fourth-order valence-corrected chi connectivity index (χ4v) is 1.77. The maximum atomic E-state index is 12.4. The van der Waals surface area contributed by atoms with Gasteiger partial charge in [0.15, 0.2) is 5.11 Å². The smallest absolute Gasteiger partial charge is 0.331 e. The van der Waals surface area contributed by atoms with Gasteiger partial charge >= 0.3 is 6.18 Å². The highest BCUT2D eigenvalue weighted by Gasteiger charge is 2.32. The summed E-state index contributed by atoms with van der Waals surface area (Å²) >= 11 is 4.93. The fourth-order valence-electron chi connectivity index (χ4n) is 1.56. The van der Waals surface area contributed by atoms with Gasteiger partial charge in [-0.05, 0) is 36.5 Å². The van der Waals surface area contributed by atoms with Crippen molar-refractivity contribution in [1.29, 1.82) is 0 Å². The molecule has 0 spiro atoms. The van der Waals surface area contributed by atoms with Crippen LogP contribution in [-0.4, -0.2) is 16.0 Å². The highest BCUT2D eigenvalue weighted by atomic mass is 32.1. The monoisotopic (exact) mass is 325 g/mol. The van der Waals surface area contributed by atoms with Crippen LogP contribution in [0.25, 0.3) is 0 Å². The number of benzene rings is 1. The molecule has 0 saturated carbocycles. The van der Waals surface area contributed by atoms with Gasteiger partial charge in [-0.3, -0.25) is 10.1 Å². The molecule has 1 amide bonds. The predicted molar refractivity (Wildman–Crippen MR) is 79.4 cm³/mol. The van der Waals surface area contributed by atoms with Crippen LogP contribution in [0, 0.1) is 0 Å². The molecule has 1 aromatic heterocycles. The zero-order valence-electron chi connectivity index (χ0n) is 11.0. The minimum Gasteiger partial charge on any atom is -0.331 e. The number of alkyl halides is 3. The third-order valence-corrected chi connectivity index (χ3v) is 2.78. The van der Waals surface area contributed by atoms with Gasteiger partial charge in [-0.15, -0.1) is 0 Å². The van der Waals surface area contributed by atoms with Crippen molar-refractivity contribution < 1.29 is 18.0 Å². The number of aromatic nitrogens is 1. The Morgan fingerprint density at radius 2 is 1.77 bits per heavy atom. The van der Waals surface area contributed by atoms with E-state index in [1.54, 1.807) is 30.3 Å². The van der Waals surface area contributed by atoms with E-state index in [1.807, 2.05) is 0 Å². The molecule has 2 rings (SSSR count). The zero-order valence-corrected chi connectivity index (χ0v) is 11.8. The van der Waals surface area contributed by atoms with Gasteiger partial charge in [0.05, 0.1) is 11.9 Å². The molecule has 4 nitrogen and oxygen atoms in total. The Balaban J connectivity index is 1.96. The zero-order chi connectivity index (χ0) is 16.2. The topological polar surface area (TPSA) is 54.0 Å². The van der Waals surface area contributed by atoms with Gasteiger partial charge in [0.25, 0.3) is 5.91 Å². The Morgan fingerprint density at radius 3 is 2.32 bits per heavy atom. The molecule has 0 aliphatic rings. The second kappa shape index (κ2) is 6.52. The maximum Gasteiger partial charge on any atom is 0.433 e. The average molecular weight is 325 g/mol. The third-order valence-electron chi connectivity index (χ3n) is 2.57. The number of halogens is 3. The SMILES string of the molecule is O=C(NC(=S)Nc1ccc(C(F)(F)F)nc1)c1ccccc1. The quantitative estimate of drug-likeness (QED) is 0.833. The van der Waals surface area contributed by atoms with E-state index in [0.29, 0.717) is 5.56 Å². The standard InChI is InChI=1S/C14H10F3N3OS/c15-14(16,17)11-7-6-10(8-18-11)19-13(22)20-12(21)9-4-2-1-3-5-9/h1-8H,(H2,19,20,21,22). The minimum absolute atomic E-state index is 0.0320. The molecule has 114 valence electrons. The molecule has 0 aliphatic heterocycles. The number of nitrogens with zero attached hydrogens (tertiary/aromatic N) is 1. The van der Waals surface area contributed by atoms with Crippen LogP contribution < -0.4 is 10.6 Å². The average Bonchev–Trinajstić information content (AvgIpc) is 2.47. The highest BCUT2D eigenvalue weighted by Crippen LogP contribution is 2.27. The number of pyridine rings is 1. The number of carbonyl (C=O) groups excluding carboxylic acids is 1. The second-order valence-electron chi connectivity index (χ2n) is 4.20. The van der Waals surface area contributed by atoms with E-state index >= 15 is 0 Å². The van der Waals surface area contributed by atoms with Gasteiger partial charge in [0, 0.05) is 5.56 Å². The molecule has 0 aliphatic carbocycles. The lowest BCUT2D eigenvalue weighted by Crippen LogP contribution is -2.34. The minimum atomic E-state index is -4.50. The van der Waals surface area contributed by atoms with Gasteiger partial charge in [0.1, 0.15) is 5.69 Å². The summed E-state index contributed by atoms with van der Waals surface area (Å²) in [7, 11) is 0. The van der Waals surface area contributed by atoms with Crippen LogP contribution in [0.3, 0.4) is 0 Å². The van der Waals surface area contributed by atoms with Gasteiger partial charge < -0.3 is 5.32 Å². The third kappa shape index (κ3) is 4.26. The lowest BCUT2D eigenvalue weighted by Gasteiger charge is -2.10. The molecule has 0 saturated heterocycles. The molecule has 0 bridgehead atoms. The number of hydrogen-bond donors (Lipinski definition) is 2. The van der Waals surface area contributed by atoms with Crippen molar-refractivity contribution in [2.75, 3.05) is 5.32 Å². The number of carbonyl (C=O) groups is 1. The molecule has 22 heavy (non-hydrogen) atoms.